The monoisotopic (exact) mass is 376 g/mol. The van der Waals surface area contributed by atoms with E-state index in [2.05, 4.69) is 16.0 Å². The maximum Gasteiger partial charge on any atom is 0.254 e. The molecule has 1 aromatic heterocycles. The van der Waals surface area contributed by atoms with Crippen molar-refractivity contribution in [3.8, 4) is 6.07 Å². The van der Waals surface area contributed by atoms with Crippen LogP contribution in [0, 0.1) is 17.1 Å². The molecule has 5 nitrogen and oxygen atoms in total. The summed E-state index contributed by atoms with van der Waals surface area (Å²) in [5, 5.41) is 10.0. The minimum atomic E-state index is -0.215. The minimum Gasteiger partial charge on any atom is -0.360 e. The number of carbonyl (C=O) groups excluding carboxylic acids is 1. The maximum absolute atomic E-state index is 13.0. The van der Waals surface area contributed by atoms with Crippen LogP contribution in [0.4, 0.5) is 4.39 Å². The second-order valence-corrected chi connectivity index (χ2v) is 7.05. The number of nitrogens with one attached hydrogen (secondary N) is 1. The Hall–Kier alpha value is -3.17. The van der Waals surface area contributed by atoms with Crippen LogP contribution in [0.2, 0.25) is 0 Å². The molecular formula is C22H21FN4O. The van der Waals surface area contributed by atoms with Gasteiger partial charge in [0.25, 0.3) is 5.91 Å². The average Bonchev–Trinajstić information content (AvgIpc) is 3.17. The van der Waals surface area contributed by atoms with Crippen LogP contribution >= 0.6 is 0 Å². The molecule has 0 aliphatic carbocycles. The Morgan fingerprint density at radius 2 is 1.86 bits per heavy atom. The number of fused-ring (bicyclic) bond motifs is 1. The first-order chi connectivity index (χ1) is 13.7. The molecule has 2 heterocycles. The van der Waals surface area contributed by atoms with E-state index in [1.807, 2.05) is 29.2 Å². The largest absolute Gasteiger partial charge is 0.360 e. The highest BCUT2D eigenvalue weighted by Crippen LogP contribution is 2.24. The van der Waals surface area contributed by atoms with Gasteiger partial charge in [-0.2, -0.15) is 5.26 Å². The molecule has 28 heavy (non-hydrogen) atoms. The Kier molecular flexibility index (Phi) is 5.09. The third kappa shape index (κ3) is 3.62. The fraction of sp³-hybridized carbons (Fsp3) is 0.273. The standard InChI is InChI=1S/C22H21FN4O/c23-18-6-4-16(5-7-18)8-9-26-10-12-27(13-11-26)22(28)19-2-1-3-20-21(19)17(14-24)15-25-20/h1-7,15,25H,8-13H2. The molecule has 0 radical (unpaired) electrons. The molecule has 0 unspecified atom stereocenters. The van der Waals surface area contributed by atoms with Crippen molar-refractivity contribution in [3.05, 3.63) is 71.2 Å². The second kappa shape index (κ2) is 7.83. The Morgan fingerprint density at radius 1 is 1.11 bits per heavy atom. The average molecular weight is 376 g/mol. The summed E-state index contributed by atoms with van der Waals surface area (Å²) in [6, 6.07) is 14.3. The van der Waals surface area contributed by atoms with Crippen molar-refractivity contribution in [1.82, 2.24) is 14.8 Å². The van der Waals surface area contributed by atoms with Gasteiger partial charge < -0.3 is 9.88 Å². The summed E-state index contributed by atoms with van der Waals surface area (Å²) in [5.41, 5.74) is 3.00. The zero-order valence-electron chi connectivity index (χ0n) is 15.5. The summed E-state index contributed by atoms with van der Waals surface area (Å²) < 4.78 is 13.0. The number of nitriles is 1. The lowest BCUT2D eigenvalue weighted by atomic mass is 10.0. The van der Waals surface area contributed by atoms with E-state index >= 15 is 0 Å². The highest BCUT2D eigenvalue weighted by Gasteiger charge is 2.24. The number of nitrogens with zero attached hydrogens (tertiary/aromatic N) is 3. The van der Waals surface area contributed by atoms with E-state index in [0.29, 0.717) is 29.6 Å². The van der Waals surface area contributed by atoms with Crippen LogP contribution in [0.15, 0.2) is 48.7 Å². The lowest BCUT2D eigenvalue weighted by Gasteiger charge is -2.35. The van der Waals surface area contributed by atoms with Crippen LogP contribution in [-0.2, 0) is 6.42 Å². The number of piperazine rings is 1. The van der Waals surface area contributed by atoms with Crippen LogP contribution in [0.5, 0.6) is 0 Å². The molecule has 0 saturated carbocycles. The summed E-state index contributed by atoms with van der Waals surface area (Å²) in [6.45, 7) is 3.82. The van der Waals surface area contributed by atoms with E-state index in [1.54, 1.807) is 12.3 Å². The summed E-state index contributed by atoms with van der Waals surface area (Å²) in [6.07, 6.45) is 2.51. The van der Waals surface area contributed by atoms with E-state index in [4.69, 9.17) is 0 Å². The van der Waals surface area contributed by atoms with Crippen molar-refractivity contribution >= 4 is 16.8 Å². The summed E-state index contributed by atoms with van der Waals surface area (Å²) in [4.78, 5) is 20.3. The van der Waals surface area contributed by atoms with E-state index in [0.717, 1.165) is 37.1 Å². The molecule has 1 fully saturated rings. The van der Waals surface area contributed by atoms with Gasteiger partial charge in [-0.15, -0.1) is 0 Å². The van der Waals surface area contributed by atoms with Crippen molar-refractivity contribution in [2.75, 3.05) is 32.7 Å². The van der Waals surface area contributed by atoms with Gasteiger partial charge in [-0.25, -0.2) is 4.39 Å². The first-order valence-corrected chi connectivity index (χ1v) is 9.42. The molecule has 142 valence electrons. The van der Waals surface area contributed by atoms with E-state index in [9.17, 15) is 14.4 Å². The number of rotatable bonds is 4. The van der Waals surface area contributed by atoms with Gasteiger partial charge in [0.1, 0.15) is 11.9 Å². The molecule has 0 spiro atoms. The third-order valence-corrected chi connectivity index (χ3v) is 5.35. The van der Waals surface area contributed by atoms with Gasteiger partial charge >= 0.3 is 0 Å². The number of hydrogen-bond donors (Lipinski definition) is 1. The fourth-order valence-corrected chi connectivity index (χ4v) is 3.73. The summed E-state index contributed by atoms with van der Waals surface area (Å²) in [7, 11) is 0. The number of H-pyrrole nitrogens is 1. The molecule has 1 saturated heterocycles. The third-order valence-electron chi connectivity index (χ3n) is 5.35. The van der Waals surface area contributed by atoms with Gasteiger partial charge in [-0.05, 0) is 36.2 Å². The van der Waals surface area contributed by atoms with Crippen molar-refractivity contribution in [2.24, 2.45) is 0 Å². The Balaban J connectivity index is 1.39. The zero-order valence-corrected chi connectivity index (χ0v) is 15.5. The topological polar surface area (TPSA) is 63.1 Å². The van der Waals surface area contributed by atoms with E-state index in [-0.39, 0.29) is 11.7 Å². The quantitative estimate of drug-likeness (QED) is 0.761. The Bertz CT molecular complexity index is 1030. The number of carbonyl (C=O) groups is 1. The van der Waals surface area contributed by atoms with Crippen LogP contribution in [0.1, 0.15) is 21.5 Å². The predicted octanol–water partition coefficient (Wildman–Crippen LogP) is 3.18. The highest BCUT2D eigenvalue weighted by molar-refractivity contribution is 6.08. The van der Waals surface area contributed by atoms with Crippen molar-refractivity contribution < 1.29 is 9.18 Å². The first kappa shape index (κ1) is 18.2. The molecule has 1 N–H and O–H groups in total. The SMILES string of the molecule is N#Cc1c[nH]c2cccc(C(=O)N3CCN(CCc4ccc(F)cc4)CC3)c12. The number of aromatic nitrogens is 1. The summed E-state index contributed by atoms with van der Waals surface area (Å²) >= 11 is 0. The number of benzene rings is 2. The Morgan fingerprint density at radius 3 is 2.57 bits per heavy atom. The molecular weight excluding hydrogens is 355 g/mol. The molecule has 1 aliphatic rings. The van der Waals surface area contributed by atoms with Crippen molar-refractivity contribution in [3.63, 3.8) is 0 Å². The predicted molar refractivity (Wildman–Crippen MR) is 105 cm³/mol. The molecule has 6 heteroatoms. The number of halogens is 1. The number of hydrogen-bond acceptors (Lipinski definition) is 3. The minimum absolute atomic E-state index is 0.0279. The second-order valence-electron chi connectivity index (χ2n) is 7.05. The lowest BCUT2D eigenvalue weighted by Crippen LogP contribution is -2.49. The maximum atomic E-state index is 13.0. The van der Waals surface area contributed by atoms with E-state index in [1.165, 1.54) is 12.1 Å². The van der Waals surface area contributed by atoms with E-state index < -0.39 is 0 Å². The highest BCUT2D eigenvalue weighted by atomic mass is 19.1. The van der Waals surface area contributed by atoms with Crippen LogP contribution < -0.4 is 0 Å². The molecule has 4 rings (SSSR count). The summed E-state index contributed by atoms with van der Waals surface area (Å²) in [5.74, 6) is -0.243. The molecule has 1 aliphatic heterocycles. The fourth-order valence-electron chi connectivity index (χ4n) is 3.73. The normalized spacial score (nSPS) is 14.9. The number of aromatic amines is 1. The van der Waals surface area contributed by atoms with Gasteiger partial charge in [-0.1, -0.05) is 18.2 Å². The van der Waals surface area contributed by atoms with Crippen LogP contribution in [-0.4, -0.2) is 53.4 Å². The lowest BCUT2D eigenvalue weighted by molar-refractivity contribution is 0.0640. The molecule has 3 aromatic rings. The van der Waals surface area contributed by atoms with Crippen molar-refractivity contribution in [2.45, 2.75) is 6.42 Å². The van der Waals surface area contributed by atoms with Crippen LogP contribution in [0.25, 0.3) is 10.9 Å². The Labute approximate surface area is 163 Å². The van der Waals surface area contributed by atoms with Crippen molar-refractivity contribution in [1.29, 1.82) is 5.26 Å². The molecule has 2 aromatic carbocycles. The smallest absolute Gasteiger partial charge is 0.254 e. The first-order valence-electron chi connectivity index (χ1n) is 9.42. The van der Waals surface area contributed by atoms with Gasteiger partial charge in [0.05, 0.1) is 11.1 Å². The van der Waals surface area contributed by atoms with Gasteiger partial charge in [0, 0.05) is 49.8 Å². The zero-order chi connectivity index (χ0) is 19.5. The molecule has 0 bridgehead atoms. The molecule has 1 amide bonds. The number of amides is 1. The van der Waals surface area contributed by atoms with Crippen LogP contribution in [0.3, 0.4) is 0 Å². The van der Waals surface area contributed by atoms with Gasteiger partial charge in [0.15, 0.2) is 0 Å². The molecule has 0 atom stereocenters. The van der Waals surface area contributed by atoms with Gasteiger partial charge in [-0.3, -0.25) is 9.69 Å². The van der Waals surface area contributed by atoms with Gasteiger partial charge in [0.2, 0.25) is 0 Å².